The molecule has 0 unspecified atom stereocenters. The van der Waals surface area contributed by atoms with Gasteiger partial charge in [-0.25, -0.2) is 4.39 Å². The van der Waals surface area contributed by atoms with Gasteiger partial charge in [0.1, 0.15) is 5.82 Å². The summed E-state index contributed by atoms with van der Waals surface area (Å²) in [6.45, 7) is 4.03. The van der Waals surface area contributed by atoms with Crippen LogP contribution in [0, 0.1) is 11.7 Å². The van der Waals surface area contributed by atoms with Gasteiger partial charge in [-0.05, 0) is 36.6 Å². The van der Waals surface area contributed by atoms with Crippen LogP contribution in [0.2, 0.25) is 0 Å². The quantitative estimate of drug-likeness (QED) is 0.754. The molecule has 2 aromatic carbocycles. The fourth-order valence-electron chi connectivity index (χ4n) is 2.24. The molecule has 0 aliphatic rings. The zero-order valence-corrected chi connectivity index (χ0v) is 14.4. The van der Waals surface area contributed by atoms with Crippen molar-refractivity contribution in [2.24, 2.45) is 5.92 Å². The van der Waals surface area contributed by atoms with Crippen molar-refractivity contribution in [3.05, 3.63) is 66.0 Å². The lowest BCUT2D eigenvalue weighted by Crippen LogP contribution is -2.26. The first-order valence-electron chi connectivity index (χ1n) is 8.26. The third kappa shape index (κ3) is 6.03. The van der Waals surface area contributed by atoms with Crippen LogP contribution in [0.25, 0.3) is 0 Å². The van der Waals surface area contributed by atoms with Gasteiger partial charge in [0.2, 0.25) is 6.10 Å². The van der Waals surface area contributed by atoms with Gasteiger partial charge in [-0.3, -0.25) is 9.59 Å². The number of anilines is 1. The fourth-order valence-corrected chi connectivity index (χ4v) is 2.24. The Kier molecular flexibility index (Phi) is 6.69. The number of hydrogen-bond acceptors (Lipinski definition) is 3. The second-order valence-corrected chi connectivity index (χ2v) is 6.21. The summed E-state index contributed by atoms with van der Waals surface area (Å²) in [5.41, 5.74) is 1.02. The van der Waals surface area contributed by atoms with Crippen molar-refractivity contribution in [3.63, 3.8) is 0 Å². The first-order valence-corrected chi connectivity index (χ1v) is 8.26. The Morgan fingerprint density at radius 3 is 2.28 bits per heavy atom. The number of benzene rings is 2. The molecular formula is C20H22FNO3. The van der Waals surface area contributed by atoms with Crippen LogP contribution in [0.15, 0.2) is 54.6 Å². The van der Waals surface area contributed by atoms with Gasteiger partial charge < -0.3 is 10.1 Å². The molecule has 0 fully saturated rings. The molecule has 0 saturated heterocycles. The van der Waals surface area contributed by atoms with Crippen molar-refractivity contribution >= 4 is 17.6 Å². The van der Waals surface area contributed by atoms with Gasteiger partial charge in [-0.15, -0.1) is 0 Å². The third-order valence-corrected chi connectivity index (χ3v) is 3.63. The maximum absolute atomic E-state index is 13.0. The topological polar surface area (TPSA) is 55.4 Å². The summed E-state index contributed by atoms with van der Waals surface area (Å²) in [5, 5.41) is 2.66. The van der Waals surface area contributed by atoms with Crippen LogP contribution in [0.1, 0.15) is 38.4 Å². The lowest BCUT2D eigenvalue weighted by molar-refractivity contribution is -0.155. The molecule has 0 heterocycles. The Labute approximate surface area is 147 Å². The molecule has 1 amide bonds. The maximum Gasteiger partial charge on any atom is 0.306 e. The second-order valence-electron chi connectivity index (χ2n) is 6.21. The van der Waals surface area contributed by atoms with Crippen molar-refractivity contribution < 1.29 is 18.7 Å². The van der Waals surface area contributed by atoms with Gasteiger partial charge in [0.15, 0.2) is 0 Å². The van der Waals surface area contributed by atoms with E-state index in [1.165, 1.54) is 24.3 Å². The average molecular weight is 343 g/mol. The predicted molar refractivity (Wildman–Crippen MR) is 94.4 cm³/mol. The molecule has 1 N–H and O–H groups in total. The van der Waals surface area contributed by atoms with E-state index < -0.39 is 23.8 Å². The van der Waals surface area contributed by atoms with Crippen LogP contribution < -0.4 is 5.32 Å². The minimum Gasteiger partial charge on any atom is -0.447 e. The lowest BCUT2D eigenvalue weighted by Gasteiger charge is -2.18. The highest BCUT2D eigenvalue weighted by atomic mass is 19.1. The van der Waals surface area contributed by atoms with Crippen molar-refractivity contribution in [3.8, 4) is 0 Å². The minimum absolute atomic E-state index is 0.255. The number of nitrogens with one attached hydrogen (secondary N) is 1. The zero-order valence-electron chi connectivity index (χ0n) is 14.4. The lowest BCUT2D eigenvalue weighted by atomic mass is 10.1. The summed E-state index contributed by atoms with van der Waals surface area (Å²) >= 11 is 0. The molecule has 0 aliphatic carbocycles. The van der Waals surface area contributed by atoms with Crippen molar-refractivity contribution in [1.82, 2.24) is 0 Å². The van der Waals surface area contributed by atoms with E-state index >= 15 is 0 Å². The van der Waals surface area contributed by atoms with Crippen LogP contribution >= 0.6 is 0 Å². The smallest absolute Gasteiger partial charge is 0.306 e. The van der Waals surface area contributed by atoms with Crippen LogP contribution in [-0.2, 0) is 14.3 Å². The number of carbonyl (C=O) groups is 2. The first kappa shape index (κ1) is 18.6. The molecule has 25 heavy (non-hydrogen) atoms. The van der Waals surface area contributed by atoms with E-state index in [-0.39, 0.29) is 6.42 Å². The Morgan fingerprint density at radius 1 is 1.04 bits per heavy atom. The molecule has 5 heteroatoms. The molecule has 1 atom stereocenters. The molecule has 0 aromatic heterocycles. The standard InChI is InChI=1S/C20H22FNO3/c1-14(2)8-13-18(23)25-19(15-6-4-3-5-7-15)20(24)22-17-11-9-16(21)10-12-17/h3-7,9-12,14,19H,8,13H2,1-2H3,(H,22,24)/t19-/m0/s1. The van der Waals surface area contributed by atoms with E-state index in [1.54, 1.807) is 24.3 Å². The van der Waals surface area contributed by atoms with Gasteiger partial charge >= 0.3 is 5.97 Å². The summed E-state index contributed by atoms with van der Waals surface area (Å²) in [6.07, 6.45) is -0.101. The molecular weight excluding hydrogens is 321 g/mol. The summed E-state index contributed by atoms with van der Waals surface area (Å²) in [5.74, 6) is -0.916. The highest BCUT2D eigenvalue weighted by molar-refractivity contribution is 5.96. The Morgan fingerprint density at radius 2 is 1.68 bits per heavy atom. The molecule has 2 rings (SSSR count). The molecule has 0 aliphatic heterocycles. The fraction of sp³-hybridized carbons (Fsp3) is 0.300. The van der Waals surface area contributed by atoms with Gasteiger partial charge in [0.05, 0.1) is 0 Å². The van der Waals surface area contributed by atoms with E-state index in [2.05, 4.69) is 5.32 Å². The molecule has 0 spiro atoms. The monoisotopic (exact) mass is 343 g/mol. The van der Waals surface area contributed by atoms with Crippen molar-refractivity contribution in [1.29, 1.82) is 0 Å². The van der Waals surface area contributed by atoms with Crippen LogP contribution in [0.3, 0.4) is 0 Å². The van der Waals surface area contributed by atoms with E-state index in [0.29, 0.717) is 23.6 Å². The normalized spacial score (nSPS) is 11.8. The summed E-state index contributed by atoms with van der Waals surface area (Å²) < 4.78 is 18.4. The number of ether oxygens (including phenoxy) is 1. The van der Waals surface area contributed by atoms with Crippen LogP contribution in [-0.4, -0.2) is 11.9 Å². The first-order chi connectivity index (χ1) is 12.0. The summed E-state index contributed by atoms with van der Waals surface area (Å²) in [4.78, 5) is 24.7. The summed E-state index contributed by atoms with van der Waals surface area (Å²) in [6, 6.07) is 14.2. The SMILES string of the molecule is CC(C)CCC(=O)O[C@H](C(=O)Nc1ccc(F)cc1)c1ccccc1. The van der Waals surface area contributed by atoms with Crippen molar-refractivity contribution in [2.75, 3.05) is 5.32 Å². The van der Waals surface area contributed by atoms with Gasteiger partial charge in [0, 0.05) is 17.7 Å². The van der Waals surface area contributed by atoms with Gasteiger partial charge in [-0.2, -0.15) is 0 Å². The minimum atomic E-state index is -1.05. The number of esters is 1. The molecule has 0 radical (unpaired) electrons. The zero-order chi connectivity index (χ0) is 18.2. The van der Waals surface area contributed by atoms with Gasteiger partial charge in [0.25, 0.3) is 5.91 Å². The highest BCUT2D eigenvalue weighted by Gasteiger charge is 2.25. The number of amides is 1. The predicted octanol–water partition coefficient (Wildman–Crippen LogP) is 4.48. The Hall–Kier alpha value is -2.69. The van der Waals surface area contributed by atoms with Crippen LogP contribution in [0.4, 0.5) is 10.1 Å². The highest BCUT2D eigenvalue weighted by Crippen LogP contribution is 2.21. The number of carbonyl (C=O) groups excluding carboxylic acids is 2. The second kappa shape index (κ2) is 8.97. The number of rotatable bonds is 7. The maximum atomic E-state index is 13.0. The molecule has 2 aromatic rings. The third-order valence-electron chi connectivity index (χ3n) is 3.63. The largest absolute Gasteiger partial charge is 0.447 e. The van der Waals surface area contributed by atoms with E-state index in [1.807, 2.05) is 19.9 Å². The number of hydrogen-bond donors (Lipinski definition) is 1. The number of halogens is 1. The molecule has 0 saturated carbocycles. The van der Waals surface area contributed by atoms with Crippen molar-refractivity contribution in [2.45, 2.75) is 32.8 Å². The van der Waals surface area contributed by atoms with E-state index in [4.69, 9.17) is 4.74 Å². The Balaban J connectivity index is 2.12. The van der Waals surface area contributed by atoms with Crippen LogP contribution in [0.5, 0.6) is 0 Å². The van der Waals surface area contributed by atoms with E-state index in [9.17, 15) is 14.0 Å². The van der Waals surface area contributed by atoms with Gasteiger partial charge in [-0.1, -0.05) is 44.2 Å². The van der Waals surface area contributed by atoms with E-state index in [0.717, 1.165) is 0 Å². The summed E-state index contributed by atoms with van der Waals surface area (Å²) in [7, 11) is 0. The average Bonchev–Trinajstić information content (AvgIpc) is 2.60. The molecule has 132 valence electrons. The molecule has 0 bridgehead atoms. The molecule has 4 nitrogen and oxygen atoms in total. The Bertz CT molecular complexity index is 699.